The Balaban J connectivity index is 0. The van der Waals surface area contributed by atoms with Crippen LogP contribution in [0.2, 0.25) is 0 Å². The second-order valence-corrected chi connectivity index (χ2v) is 0.923. The Morgan fingerprint density at radius 3 is 2.12 bits per heavy atom. The summed E-state index contributed by atoms with van der Waals surface area (Å²) in [5.41, 5.74) is 2.52. The monoisotopic (exact) mass is 137 g/mol. The molecular weight excluding hydrogens is 130 g/mol. The molecule has 48 valence electrons. The van der Waals surface area contributed by atoms with Crippen molar-refractivity contribution < 1.29 is 10.3 Å². The maximum absolute atomic E-state index is 4.55. The molecule has 1 rings (SSSR count). The second kappa shape index (κ2) is 6.33. The van der Waals surface area contributed by atoms with E-state index >= 15 is 0 Å². The van der Waals surface area contributed by atoms with Gasteiger partial charge in [0.2, 0.25) is 0 Å². The molecule has 0 fully saturated rings. The van der Waals surface area contributed by atoms with Crippen LogP contribution >= 0.6 is 12.4 Å². The summed E-state index contributed by atoms with van der Waals surface area (Å²) in [6, 6.07) is 0. The van der Waals surface area contributed by atoms with Gasteiger partial charge in [-0.3, -0.25) is 0 Å². The van der Waals surface area contributed by atoms with Crippen LogP contribution in [0.4, 0.5) is 0 Å². The first-order chi connectivity index (χ1) is 3.00. The minimum atomic E-state index is 0. The SMILES string of the molecule is C1=CNOC=C1.Cl.O. The highest BCUT2D eigenvalue weighted by molar-refractivity contribution is 5.85. The number of rotatable bonds is 0. The van der Waals surface area contributed by atoms with Crippen LogP contribution < -0.4 is 5.48 Å². The average Bonchev–Trinajstić information content (AvgIpc) is 1.72. The third-order valence-corrected chi connectivity index (χ3v) is 0.490. The number of allylic oxidation sites excluding steroid dienone is 2. The van der Waals surface area contributed by atoms with Gasteiger partial charge in [0.25, 0.3) is 0 Å². The quantitative estimate of drug-likeness (QED) is 0.517. The van der Waals surface area contributed by atoms with Crippen molar-refractivity contribution in [3.05, 3.63) is 24.6 Å². The molecule has 4 heteroatoms. The van der Waals surface area contributed by atoms with E-state index in [-0.39, 0.29) is 17.9 Å². The largest absolute Gasteiger partial charge is 0.412 e. The number of halogens is 1. The molecule has 0 aromatic rings. The zero-order valence-electron chi connectivity index (χ0n) is 4.13. The van der Waals surface area contributed by atoms with Crippen molar-refractivity contribution in [1.82, 2.24) is 5.48 Å². The molecule has 0 aromatic heterocycles. The van der Waals surface area contributed by atoms with E-state index in [4.69, 9.17) is 0 Å². The lowest BCUT2D eigenvalue weighted by Gasteiger charge is -1.97. The summed E-state index contributed by atoms with van der Waals surface area (Å²) < 4.78 is 0. The number of hydroxylamine groups is 1. The Morgan fingerprint density at radius 2 is 2.00 bits per heavy atom. The molecule has 8 heavy (non-hydrogen) atoms. The summed E-state index contributed by atoms with van der Waals surface area (Å²) >= 11 is 0. The molecule has 0 aliphatic carbocycles. The van der Waals surface area contributed by atoms with Gasteiger partial charge in [0.1, 0.15) is 6.26 Å². The van der Waals surface area contributed by atoms with Crippen LogP contribution in [0.5, 0.6) is 0 Å². The van der Waals surface area contributed by atoms with Gasteiger partial charge in [-0.2, -0.15) is 0 Å². The fourth-order valence-electron chi connectivity index (χ4n) is 0.258. The maximum atomic E-state index is 4.55. The molecule has 1 aliphatic rings. The summed E-state index contributed by atoms with van der Waals surface area (Å²) in [6.07, 6.45) is 6.93. The van der Waals surface area contributed by atoms with Crippen LogP contribution in [-0.4, -0.2) is 5.48 Å². The molecule has 0 spiro atoms. The highest BCUT2D eigenvalue weighted by Gasteiger charge is 1.72. The van der Waals surface area contributed by atoms with E-state index in [1.165, 1.54) is 0 Å². The van der Waals surface area contributed by atoms with Gasteiger partial charge in [-0.15, -0.1) is 12.4 Å². The molecule has 0 radical (unpaired) electrons. The first-order valence-electron chi connectivity index (χ1n) is 1.73. The standard InChI is InChI=1S/C4H5NO.ClH.H2O/c1-2-4-6-5-3-1;;/h1-5H;1H;1H2. The lowest BCUT2D eigenvalue weighted by atomic mass is 10.6. The van der Waals surface area contributed by atoms with E-state index in [1.54, 1.807) is 18.5 Å². The molecule has 3 nitrogen and oxygen atoms in total. The summed E-state index contributed by atoms with van der Waals surface area (Å²) in [5.74, 6) is 0. The molecule has 1 aliphatic heterocycles. The number of hydrogen-bond donors (Lipinski definition) is 1. The predicted octanol–water partition coefficient (Wildman–Crippen LogP) is 0.146. The summed E-state index contributed by atoms with van der Waals surface area (Å²) in [4.78, 5) is 4.55. The van der Waals surface area contributed by atoms with E-state index in [0.717, 1.165) is 0 Å². The summed E-state index contributed by atoms with van der Waals surface area (Å²) in [6.45, 7) is 0. The zero-order valence-corrected chi connectivity index (χ0v) is 4.94. The van der Waals surface area contributed by atoms with Crippen molar-refractivity contribution in [3.63, 3.8) is 0 Å². The molecule has 3 N–H and O–H groups in total. The minimum absolute atomic E-state index is 0. The van der Waals surface area contributed by atoms with Gasteiger partial charge in [-0.25, -0.2) is 5.48 Å². The maximum Gasteiger partial charge on any atom is 0.119 e. The normalized spacial score (nSPS) is 12.0. The van der Waals surface area contributed by atoms with Gasteiger partial charge in [-0.1, -0.05) is 0 Å². The van der Waals surface area contributed by atoms with Crippen LogP contribution in [0.25, 0.3) is 0 Å². The van der Waals surface area contributed by atoms with Gasteiger partial charge in [0.05, 0.1) is 0 Å². The van der Waals surface area contributed by atoms with E-state index in [9.17, 15) is 0 Å². The van der Waals surface area contributed by atoms with E-state index < -0.39 is 0 Å². The lowest BCUT2D eigenvalue weighted by molar-refractivity contribution is 0.172. The number of hydrogen-bond acceptors (Lipinski definition) is 2. The van der Waals surface area contributed by atoms with Gasteiger partial charge in [-0.05, 0) is 12.2 Å². The van der Waals surface area contributed by atoms with Gasteiger partial charge >= 0.3 is 0 Å². The van der Waals surface area contributed by atoms with Crippen LogP contribution in [0, 0.1) is 0 Å². The Kier molecular flexibility index (Phi) is 8.18. The van der Waals surface area contributed by atoms with Crippen LogP contribution in [-0.2, 0) is 4.84 Å². The average molecular weight is 138 g/mol. The number of nitrogens with one attached hydrogen (secondary N) is 1. The van der Waals surface area contributed by atoms with Crippen molar-refractivity contribution in [2.24, 2.45) is 0 Å². The van der Waals surface area contributed by atoms with E-state index in [0.29, 0.717) is 0 Å². The van der Waals surface area contributed by atoms with Gasteiger partial charge in [0.15, 0.2) is 0 Å². The Bertz CT molecular complexity index is 80.0. The van der Waals surface area contributed by atoms with Crippen LogP contribution in [0.15, 0.2) is 24.6 Å². The summed E-state index contributed by atoms with van der Waals surface area (Å²) in [7, 11) is 0. The van der Waals surface area contributed by atoms with Crippen molar-refractivity contribution in [2.75, 3.05) is 0 Å². The van der Waals surface area contributed by atoms with Crippen molar-refractivity contribution in [2.45, 2.75) is 0 Å². The fourth-order valence-corrected chi connectivity index (χ4v) is 0.258. The minimum Gasteiger partial charge on any atom is -0.412 e. The lowest BCUT2D eigenvalue weighted by Crippen LogP contribution is -2.01. The zero-order chi connectivity index (χ0) is 4.24. The highest BCUT2D eigenvalue weighted by Crippen LogP contribution is 1.80. The van der Waals surface area contributed by atoms with Crippen LogP contribution in [0.3, 0.4) is 0 Å². The van der Waals surface area contributed by atoms with E-state index in [2.05, 4.69) is 10.3 Å². The summed E-state index contributed by atoms with van der Waals surface area (Å²) in [5, 5.41) is 0. The van der Waals surface area contributed by atoms with Crippen LogP contribution in [0.1, 0.15) is 0 Å². The van der Waals surface area contributed by atoms with Crippen molar-refractivity contribution in [1.29, 1.82) is 0 Å². The molecule has 0 unspecified atom stereocenters. The van der Waals surface area contributed by atoms with Crippen molar-refractivity contribution in [3.8, 4) is 0 Å². The molecule has 1 heterocycles. The molecule has 0 saturated heterocycles. The fraction of sp³-hybridized carbons (Fsp3) is 0. The Labute approximate surface area is 53.7 Å². The second-order valence-electron chi connectivity index (χ2n) is 0.923. The smallest absolute Gasteiger partial charge is 0.119 e. The topological polar surface area (TPSA) is 52.8 Å². The molecular formula is C4H8ClNO2. The molecule has 0 bridgehead atoms. The first kappa shape index (κ1) is 10.3. The third-order valence-electron chi connectivity index (χ3n) is 0.490. The van der Waals surface area contributed by atoms with E-state index in [1.807, 2.05) is 6.08 Å². The molecule has 0 atom stereocenters. The van der Waals surface area contributed by atoms with Gasteiger partial charge in [0, 0.05) is 6.20 Å². The first-order valence-corrected chi connectivity index (χ1v) is 1.73. The highest BCUT2D eigenvalue weighted by atomic mass is 35.5. The predicted molar refractivity (Wildman–Crippen MR) is 33.4 cm³/mol. The third kappa shape index (κ3) is 3.52. The Morgan fingerprint density at radius 1 is 1.25 bits per heavy atom. The molecule has 0 aromatic carbocycles. The molecule has 0 amide bonds. The van der Waals surface area contributed by atoms with Gasteiger partial charge < -0.3 is 10.3 Å². The molecule has 0 saturated carbocycles. The Hall–Kier alpha value is -0.670. The van der Waals surface area contributed by atoms with Crippen molar-refractivity contribution >= 4 is 12.4 Å².